The van der Waals surface area contributed by atoms with Gasteiger partial charge in [-0.05, 0) is 29.1 Å². The van der Waals surface area contributed by atoms with Gasteiger partial charge in [0, 0.05) is 6.61 Å². The molecular weight excluding hydrogens is 200 g/mol. The predicted octanol–water partition coefficient (Wildman–Crippen LogP) is 2.82. The topological polar surface area (TPSA) is 9.23 Å². The highest BCUT2D eigenvalue weighted by Gasteiger charge is 2.22. The second kappa shape index (κ2) is 4.95. The highest BCUT2D eigenvalue weighted by molar-refractivity contribution is 6.68. The van der Waals surface area contributed by atoms with Crippen LogP contribution >= 0.6 is 0 Å². The lowest BCUT2D eigenvalue weighted by Crippen LogP contribution is -2.38. The lowest BCUT2D eigenvalue weighted by Gasteiger charge is -2.23. The van der Waals surface area contributed by atoms with E-state index in [2.05, 4.69) is 38.1 Å². The van der Waals surface area contributed by atoms with E-state index in [9.17, 15) is 0 Å². The van der Waals surface area contributed by atoms with Crippen LogP contribution in [0.4, 0.5) is 0 Å². The number of benzene rings is 1. The first-order valence-electron chi connectivity index (χ1n) is 5.87. The van der Waals surface area contributed by atoms with E-state index in [1.54, 1.807) is 0 Å². The summed E-state index contributed by atoms with van der Waals surface area (Å²) in [5.74, 6) is 0.615. The second-order valence-electron chi connectivity index (χ2n) is 4.47. The van der Waals surface area contributed by atoms with Gasteiger partial charge in [0.05, 0.1) is 0 Å². The van der Waals surface area contributed by atoms with Crippen molar-refractivity contribution in [2.75, 3.05) is 6.61 Å². The quantitative estimate of drug-likeness (QED) is 0.695. The van der Waals surface area contributed by atoms with Crippen molar-refractivity contribution < 1.29 is 4.43 Å². The molecule has 15 heavy (non-hydrogen) atoms. The van der Waals surface area contributed by atoms with Crippen LogP contribution in [0.2, 0.25) is 6.04 Å². The minimum absolute atomic E-state index is 0.615. The summed E-state index contributed by atoms with van der Waals surface area (Å²) < 4.78 is 5.96. The molecule has 2 heteroatoms. The zero-order valence-corrected chi connectivity index (χ0v) is 10.6. The second-order valence-corrected chi connectivity index (χ2v) is 6.64. The Bertz CT molecular complexity index is 316. The molecule has 1 radical (unpaired) electrons. The molecule has 0 atom stereocenters. The molecule has 1 saturated heterocycles. The Balaban J connectivity index is 2.25. The van der Waals surface area contributed by atoms with Crippen LogP contribution in [0.15, 0.2) is 24.3 Å². The fourth-order valence-electron chi connectivity index (χ4n) is 2.12. The molecule has 0 spiro atoms. The summed E-state index contributed by atoms with van der Waals surface area (Å²) in [6.45, 7) is 5.51. The zero-order valence-electron chi connectivity index (χ0n) is 9.62. The summed E-state index contributed by atoms with van der Waals surface area (Å²) in [4.78, 5) is 0. The van der Waals surface area contributed by atoms with Gasteiger partial charge >= 0.3 is 0 Å². The summed E-state index contributed by atoms with van der Waals surface area (Å²) in [7, 11) is -0.700. The van der Waals surface area contributed by atoms with Crippen molar-refractivity contribution in [3.05, 3.63) is 29.8 Å². The van der Waals surface area contributed by atoms with Crippen LogP contribution in [-0.4, -0.2) is 15.6 Å². The molecular formula is C13H19OSi. The van der Waals surface area contributed by atoms with Gasteiger partial charge < -0.3 is 4.43 Å². The molecule has 81 valence electrons. The molecule has 1 aliphatic rings. The first-order chi connectivity index (χ1) is 7.29. The van der Waals surface area contributed by atoms with Gasteiger partial charge in [0.15, 0.2) is 0 Å². The standard InChI is InChI=1S/C13H19OSi/c1-11(2)12-7-3-4-8-13(12)15-10-6-5-9-14-15/h3-4,7-8,11H,5-6,9-10H2,1-2H3. The smallest absolute Gasteiger partial charge is 0.246 e. The van der Waals surface area contributed by atoms with Gasteiger partial charge in [-0.1, -0.05) is 44.5 Å². The van der Waals surface area contributed by atoms with Crippen LogP contribution in [0, 0.1) is 0 Å². The minimum Gasteiger partial charge on any atom is -0.412 e. The van der Waals surface area contributed by atoms with E-state index in [0.717, 1.165) is 6.61 Å². The molecule has 0 saturated carbocycles. The summed E-state index contributed by atoms with van der Waals surface area (Å²) in [6.07, 6.45) is 2.60. The van der Waals surface area contributed by atoms with E-state index in [4.69, 9.17) is 4.43 Å². The van der Waals surface area contributed by atoms with Crippen LogP contribution in [0.3, 0.4) is 0 Å². The first kappa shape index (κ1) is 10.9. The van der Waals surface area contributed by atoms with Gasteiger partial charge in [-0.2, -0.15) is 0 Å². The summed E-state index contributed by atoms with van der Waals surface area (Å²) in [6, 6.07) is 10.1. The van der Waals surface area contributed by atoms with E-state index >= 15 is 0 Å². The molecule has 0 aromatic heterocycles. The summed E-state index contributed by atoms with van der Waals surface area (Å²) in [5, 5.41) is 1.51. The Kier molecular flexibility index (Phi) is 3.60. The first-order valence-corrected chi connectivity index (χ1v) is 7.48. The van der Waals surface area contributed by atoms with Crippen LogP contribution < -0.4 is 5.19 Å². The molecule has 1 fully saturated rings. The third-order valence-corrected chi connectivity index (χ3v) is 5.37. The number of hydrogen-bond acceptors (Lipinski definition) is 1. The molecule has 2 rings (SSSR count). The molecule has 0 bridgehead atoms. The monoisotopic (exact) mass is 219 g/mol. The van der Waals surface area contributed by atoms with Crippen molar-refractivity contribution >= 4 is 14.2 Å². The van der Waals surface area contributed by atoms with Gasteiger partial charge in [0.25, 0.3) is 0 Å². The fraction of sp³-hybridized carbons (Fsp3) is 0.538. The average molecular weight is 219 g/mol. The van der Waals surface area contributed by atoms with E-state index in [1.807, 2.05) is 0 Å². The normalized spacial score (nSPS) is 18.3. The minimum atomic E-state index is -0.700. The van der Waals surface area contributed by atoms with E-state index in [0.29, 0.717) is 5.92 Å². The Morgan fingerprint density at radius 2 is 2.00 bits per heavy atom. The van der Waals surface area contributed by atoms with Crippen molar-refractivity contribution in [2.45, 2.75) is 38.7 Å². The van der Waals surface area contributed by atoms with Crippen molar-refractivity contribution in [3.63, 3.8) is 0 Å². The molecule has 1 aliphatic heterocycles. The van der Waals surface area contributed by atoms with Crippen LogP contribution in [0.5, 0.6) is 0 Å². The molecule has 1 aromatic rings. The van der Waals surface area contributed by atoms with Gasteiger partial charge in [-0.15, -0.1) is 0 Å². The van der Waals surface area contributed by atoms with E-state index < -0.39 is 9.04 Å². The third-order valence-electron chi connectivity index (χ3n) is 2.96. The molecule has 1 aromatic carbocycles. The molecule has 0 N–H and O–H groups in total. The fourth-order valence-corrected chi connectivity index (χ4v) is 4.63. The van der Waals surface area contributed by atoms with Crippen LogP contribution in [-0.2, 0) is 4.43 Å². The van der Waals surface area contributed by atoms with Gasteiger partial charge in [-0.3, -0.25) is 0 Å². The zero-order chi connectivity index (χ0) is 10.7. The lowest BCUT2D eigenvalue weighted by molar-refractivity contribution is 0.294. The van der Waals surface area contributed by atoms with Crippen LogP contribution in [0.25, 0.3) is 0 Å². The Labute approximate surface area is 94.2 Å². The summed E-state index contributed by atoms with van der Waals surface area (Å²) >= 11 is 0. The van der Waals surface area contributed by atoms with Gasteiger partial charge in [0.1, 0.15) is 0 Å². The van der Waals surface area contributed by atoms with E-state index in [-0.39, 0.29) is 0 Å². The summed E-state index contributed by atoms with van der Waals surface area (Å²) in [5.41, 5.74) is 1.49. The maximum absolute atomic E-state index is 5.96. The van der Waals surface area contributed by atoms with Gasteiger partial charge in [-0.25, -0.2) is 0 Å². The predicted molar refractivity (Wildman–Crippen MR) is 65.9 cm³/mol. The SMILES string of the molecule is CC(C)c1ccccc1[Si]1CCCCO1. The number of hydrogen-bond donors (Lipinski definition) is 0. The van der Waals surface area contributed by atoms with Crippen molar-refractivity contribution in [3.8, 4) is 0 Å². The number of rotatable bonds is 2. The molecule has 1 heterocycles. The average Bonchev–Trinajstić information content (AvgIpc) is 2.30. The largest absolute Gasteiger partial charge is 0.412 e. The van der Waals surface area contributed by atoms with E-state index in [1.165, 1.54) is 29.6 Å². The molecule has 1 nitrogen and oxygen atoms in total. The highest BCUT2D eigenvalue weighted by Crippen LogP contribution is 2.17. The molecule has 0 unspecified atom stereocenters. The maximum atomic E-state index is 5.96. The van der Waals surface area contributed by atoms with Crippen LogP contribution in [0.1, 0.15) is 38.2 Å². The van der Waals surface area contributed by atoms with Crippen molar-refractivity contribution in [1.82, 2.24) is 0 Å². The molecule has 0 aliphatic carbocycles. The Morgan fingerprint density at radius 1 is 1.20 bits per heavy atom. The van der Waals surface area contributed by atoms with Crippen molar-refractivity contribution in [2.24, 2.45) is 0 Å². The Hall–Kier alpha value is -0.603. The third kappa shape index (κ3) is 2.50. The highest BCUT2D eigenvalue weighted by atomic mass is 28.3. The maximum Gasteiger partial charge on any atom is 0.246 e. The Morgan fingerprint density at radius 3 is 2.67 bits per heavy atom. The van der Waals surface area contributed by atoms with Crippen molar-refractivity contribution in [1.29, 1.82) is 0 Å². The molecule has 0 amide bonds. The van der Waals surface area contributed by atoms with Gasteiger partial charge in [0.2, 0.25) is 9.04 Å². The lowest BCUT2D eigenvalue weighted by atomic mass is 10.0.